The maximum Gasteiger partial charge on any atom is 0.129 e. The first-order valence-electron chi connectivity index (χ1n) is 5.89. The Labute approximate surface area is 99.4 Å². The number of nitrogens with two attached hydrogens (primary N) is 1. The Kier molecular flexibility index (Phi) is 3.45. The van der Waals surface area contributed by atoms with Crippen molar-refractivity contribution in [3.05, 3.63) is 35.4 Å². The van der Waals surface area contributed by atoms with E-state index in [0.29, 0.717) is 24.9 Å². The predicted molar refractivity (Wildman–Crippen MR) is 61.4 cm³/mol. The Morgan fingerprint density at radius 3 is 2.71 bits per heavy atom. The molecule has 1 aromatic rings. The van der Waals surface area contributed by atoms with E-state index in [4.69, 9.17) is 5.73 Å². The van der Waals surface area contributed by atoms with Crippen molar-refractivity contribution in [3.8, 4) is 0 Å². The largest absolute Gasteiger partial charge is 0.392 e. The second kappa shape index (κ2) is 4.70. The second-order valence-corrected chi connectivity index (χ2v) is 4.89. The summed E-state index contributed by atoms with van der Waals surface area (Å²) in [6.07, 6.45) is 2.29. The molecule has 2 rings (SSSR count). The van der Waals surface area contributed by atoms with Gasteiger partial charge in [0.15, 0.2) is 0 Å². The van der Waals surface area contributed by atoms with Crippen molar-refractivity contribution in [2.45, 2.75) is 31.8 Å². The third-order valence-electron chi connectivity index (χ3n) is 3.82. The normalized spacial score (nSPS) is 28.6. The monoisotopic (exact) mass is 241 g/mol. The van der Waals surface area contributed by atoms with Crippen LogP contribution in [0, 0.1) is 17.0 Å². The molecule has 0 aliphatic heterocycles. The molecule has 1 aliphatic rings. The van der Waals surface area contributed by atoms with Gasteiger partial charge in [-0.25, -0.2) is 8.78 Å². The molecule has 2 unspecified atom stereocenters. The van der Waals surface area contributed by atoms with Gasteiger partial charge in [0.2, 0.25) is 0 Å². The Bertz CT molecular complexity index is 410. The summed E-state index contributed by atoms with van der Waals surface area (Å²) in [5.74, 6) is -1.14. The van der Waals surface area contributed by atoms with Gasteiger partial charge < -0.3 is 10.8 Å². The molecule has 1 fully saturated rings. The maximum atomic E-state index is 13.6. The van der Waals surface area contributed by atoms with Crippen LogP contribution in [0.3, 0.4) is 0 Å². The van der Waals surface area contributed by atoms with Crippen LogP contribution in [0.25, 0.3) is 0 Å². The molecule has 0 amide bonds. The van der Waals surface area contributed by atoms with E-state index >= 15 is 0 Å². The minimum absolute atomic E-state index is 0.324. The molecule has 0 saturated heterocycles. The summed E-state index contributed by atoms with van der Waals surface area (Å²) in [5.41, 5.74) is 5.71. The standard InChI is InChI=1S/C13H17F2NO/c14-10-4-3-9(11(15)6-10)7-13(8-16)5-1-2-12(13)17/h3-4,6,12,17H,1-2,5,7-8,16H2. The third-order valence-corrected chi connectivity index (χ3v) is 3.82. The minimum atomic E-state index is -0.583. The number of hydrogen-bond donors (Lipinski definition) is 2. The average molecular weight is 241 g/mol. The number of aliphatic hydroxyl groups excluding tert-OH is 1. The zero-order chi connectivity index (χ0) is 12.5. The van der Waals surface area contributed by atoms with Crippen molar-refractivity contribution >= 4 is 0 Å². The van der Waals surface area contributed by atoms with Crippen molar-refractivity contribution in [2.75, 3.05) is 6.54 Å². The molecular formula is C13H17F2NO. The summed E-state index contributed by atoms with van der Waals surface area (Å²) in [6.45, 7) is 0.324. The fourth-order valence-corrected chi connectivity index (χ4v) is 2.68. The molecule has 17 heavy (non-hydrogen) atoms. The summed E-state index contributed by atoms with van der Waals surface area (Å²) in [5, 5.41) is 9.97. The fraction of sp³-hybridized carbons (Fsp3) is 0.538. The van der Waals surface area contributed by atoms with E-state index in [0.717, 1.165) is 18.9 Å². The maximum absolute atomic E-state index is 13.6. The minimum Gasteiger partial charge on any atom is -0.392 e. The molecule has 3 N–H and O–H groups in total. The topological polar surface area (TPSA) is 46.2 Å². The van der Waals surface area contributed by atoms with Crippen LogP contribution >= 0.6 is 0 Å². The van der Waals surface area contributed by atoms with E-state index in [1.54, 1.807) is 0 Å². The van der Waals surface area contributed by atoms with E-state index < -0.39 is 23.2 Å². The molecule has 2 nitrogen and oxygen atoms in total. The van der Waals surface area contributed by atoms with E-state index in [-0.39, 0.29) is 0 Å². The summed E-state index contributed by atoms with van der Waals surface area (Å²) < 4.78 is 26.4. The molecule has 0 heterocycles. The predicted octanol–water partition coefficient (Wildman–Crippen LogP) is 2.00. The first kappa shape index (κ1) is 12.5. The van der Waals surface area contributed by atoms with Gasteiger partial charge in [0.25, 0.3) is 0 Å². The second-order valence-electron chi connectivity index (χ2n) is 4.89. The third kappa shape index (κ3) is 2.33. The summed E-state index contributed by atoms with van der Waals surface area (Å²) in [4.78, 5) is 0. The van der Waals surface area contributed by atoms with Crippen molar-refractivity contribution < 1.29 is 13.9 Å². The first-order valence-corrected chi connectivity index (χ1v) is 5.89. The van der Waals surface area contributed by atoms with E-state index in [9.17, 15) is 13.9 Å². The van der Waals surface area contributed by atoms with Crippen LogP contribution in [-0.4, -0.2) is 17.8 Å². The van der Waals surface area contributed by atoms with Crippen molar-refractivity contribution in [2.24, 2.45) is 11.1 Å². The molecule has 4 heteroatoms. The lowest BCUT2D eigenvalue weighted by molar-refractivity contribution is 0.0582. The Morgan fingerprint density at radius 2 is 2.18 bits per heavy atom. The molecule has 0 radical (unpaired) electrons. The molecule has 1 saturated carbocycles. The smallest absolute Gasteiger partial charge is 0.129 e. The quantitative estimate of drug-likeness (QED) is 0.850. The Morgan fingerprint density at radius 1 is 1.41 bits per heavy atom. The van der Waals surface area contributed by atoms with Gasteiger partial charge in [0, 0.05) is 18.0 Å². The molecule has 0 bridgehead atoms. The molecular weight excluding hydrogens is 224 g/mol. The molecule has 2 atom stereocenters. The fourth-order valence-electron chi connectivity index (χ4n) is 2.68. The summed E-state index contributed by atoms with van der Waals surface area (Å²) >= 11 is 0. The van der Waals surface area contributed by atoms with Crippen LogP contribution in [-0.2, 0) is 6.42 Å². The molecule has 1 aliphatic carbocycles. The summed E-state index contributed by atoms with van der Waals surface area (Å²) in [6, 6.07) is 3.55. The highest BCUT2D eigenvalue weighted by Gasteiger charge is 2.41. The van der Waals surface area contributed by atoms with Gasteiger partial charge >= 0.3 is 0 Å². The van der Waals surface area contributed by atoms with Crippen LogP contribution in [0.2, 0.25) is 0 Å². The lowest BCUT2D eigenvalue weighted by Gasteiger charge is -2.31. The number of hydrogen-bond acceptors (Lipinski definition) is 2. The van der Waals surface area contributed by atoms with Gasteiger partial charge in [-0.05, 0) is 30.9 Å². The van der Waals surface area contributed by atoms with Crippen LogP contribution in [0.4, 0.5) is 8.78 Å². The van der Waals surface area contributed by atoms with Gasteiger partial charge in [0.1, 0.15) is 11.6 Å². The summed E-state index contributed by atoms with van der Waals surface area (Å²) in [7, 11) is 0. The number of halogens is 2. The van der Waals surface area contributed by atoms with Crippen LogP contribution in [0.1, 0.15) is 24.8 Å². The van der Waals surface area contributed by atoms with Gasteiger partial charge in [-0.15, -0.1) is 0 Å². The van der Waals surface area contributed by atoms with Crippen LogP contribution in [0.15, 0.2) is 18.2 Å². The van der Waals surface area contributed by atoms with E-state index in [2.05, 4.69) is 0 Å². The Balaban J connectivity index is 2.24. The van der Waals surface area contributed by atoms with Gasteiger partial charge in [-0.1, -0.05) is 12.5 Å². The van der Waals surface area contributed by atoms with Crippen molar-refractivity contribution in [1.82, 2.24) is 0 Å². The van der Waals surface area contributed by atoms with E-state index in [1.165, 1.54) is 12.1 Å². The van der Waals surface area contributed by atoms with Gasteiger partial charge in [-0.2, -0.15) is 0 Å². The number of rotatable bonds is 3. The number of aliphatic hydroxyl groups is 1. The zero-order valence-electron chi connectivity index (χ0n) is 9.63. The SMILES string of the molecule is NCC1(Cc2ccc(F)cc2F)CCCC1O. The molecule has 1 aromatic carbocycles. The lowest BCUT2D eigenvalue weighted by atomic mass is 9.78. The highest BCUT2D eigenvalue weighted by molar-refractivity contribution is 5.21. The lowest BCUT2D eigenvalue weighted by Crippen LogP contribution is -2.39. The molecule has 0 aromatic heterocycles. The van der Waals surface area contributed by atoms with Gasteiger partial charge in [0.05, 0.1) is 6.10 Å². The van der Waals surface area contributed by atoms with Crippen molar-refractivity contribution in [3.63, 3.8) is 0 Å². The highest BCUT2D eigenvalue weighted by atomic mass is 19.1. The molecule has 0 spiro atoms. The number of benzene rings is 1. The zero-order valence-corrected chi connectivity index (χ0v) is 9.63. The first-order chi connectivity index (χ1) is 8.07. The van der Waals surface area contributed by atoms with Gasteiger partial charge in [-0.3, -0.25) is 0 Å². The van der Waals surface area contributed by atoms with Crippen LogP contribution < -0.4 is 5.73 Å². The van der Waals surface area contributed by atoms with Crippen molar-refractivity contribution in [1.29, 1.82) is 0 Å². The highest BCUT2D eigenvalue weighted by Crippen LogP contribution is 2.40. The van der Waals surface area contributed by atoms with E-state index in [1.807, 2.05) is 0 Å². The Hall–Kier alpha value is -1.00. The average Bonchev–Trinajstić information content (AvgIpc) is 2.65. The van der Waals surface area contributed by atoms with Crippen LogP contribution in [0.5, 0.6) is 0 Å². The molecule has 94 valence electrons.